The summed E-state index contributed by atoms with van der Waals surface area (Å²) in [5.41, 5.74) is -1.02. The Bertz CT molecular complexity index is 1340. The molecule has 2 heterocycles. The number of likely N-dealkylation sites (tertiary alicyclic amines) is 2. The predicted molar refractivity (Wildman–Crippen MR) is 219 cm³/mol. The Morgan fingerprint density at radius 1 is 0.625 bits per heavy atom. The number of carbonyl (C=O) groups excluding carboxylic acids is 4. The van der Waals surface area contributed by atoms with Crippen molar-refractivity contribution >= 4 is 47.0 Å². The van der Waals surface area contributed by atoms with E-state index in [-0.39, 0.29) is 73.6 Å². The van der Waals surface area contributed by atoms with Gasteiger partial charge in [-0.3, -0.25) is 0 Å². The van der Waals surface area contributed by atoms with E-state index in [9.17, 15) is 19.2 Å². The second-order valence-electron chi connectivity index (χ2n) is 20.1. The Hall–Kier alpha value is -1.19. The van der Waals surface area contributed by atoms with Crippen molar-refractivity contribution in [3.63, 3.8) is 0 Å². The first-order valence-corrected chi connectivity index (χ1v) is 23.4. The van der Waals surface area contributed by atoms with Gasteiger partial charge in [-0.25, -0.2) is 19.2 Å². The first kappa shape index (κ1) is 45.9. The van der Waals surface area contributed by atoms with Crippen molar-refractivity contribution in [1.82, 2.24) is 20.0 Å². The van der Waals surface area contributed by atoms with E-state index in [1.54, 1.807) is 21.7 Å². The molecule has 2 atom stereocenters. The zero-order chi connectivity index (χ0) is 39.8. The van der Waals surface area contributed by atoms with Gasteiger partial charge in [0.15, 0.2) is 0 Å². The van der Waals surface area contributed by atoms with Gasteiger partial charge in [0.1, 0.15) is 23.4 Å². The number of amides is 4. The summed E-state index contributed by atoms with van der Waals surface area (Å²) in [6, 6.07) is -0.0678. The molecule has 0 aromatic rings. The topological polar surface area (TPSA) is 127 Å². The van der Waals surface area contributed by atoms with Crippen LogP contribution >= 0.6 is 22.6 Å². The van der Waals surface area contributed by atoms with Crippen LogP contribution in [0.4, 0.5) is 19.2 Å². The fourth-order valence-electron chi connectivity index (χ4n) is 11.7. The minimum Gasteiger partial charge on any atom is -1.00 e. The smallest absolute Gasteiger partial charge is 1.00 e. The van der Waals surface area contributed by atoms with Crippen LogP contribution in [-0.2, 0) is 18.9 Å². The fourth-order valence-corrected chi connectivity index (χ4v) is 11.7. The first-order valence-electron chi connectivity index (χ1n) is 21.2. The summed E-state index contributed by atoms with van der Waals surface area (Å²) in [6.07, 6.45) is 13.4. The number of likely N-dealkylation sites (N-methyl/N-ethyl adjacent to an activating group) is 1. The zero-order valence-corrected chi connectivity index (χ0v) is 39.9. The van der Waals surface area contributed by atoms with Crippen LogP contribution in [-0.4, -0.2) is 113 Å². The van der Waals surface area contributed by atoms with Gasteiger partial charge < -0.3 is 40.4 Å². The molecule has 1 N–H and O–H groups in total. The minimum absolute atomic E-state index is 0. The third kappa shape index (κ3) is 11.5. The van der Waals surface area contributed by atoms with E-state index < -0.39 is 17.3 Å². The third-order valence-corrected chi connectivity index (χ3v) is 13.6. The summed E-state index contributed by atoms with van der Waals surface area (Å²) >= 11 is 2.15. The molecule has 2 aliphatic heterocycles. The molecular weight excluding hydrogens is 838 g/mol. The van der Waals surface area contributed by atoms with Crippen LogP contribution in [0.25, 0.3) is 0 Å². The molecule has 8 saturated carbocycles. The number of carbonyl (C=O) groups is 4. The monoisotopic (exact) mass is 908 g/mol. The summed E-state index contributed by atoms with van der Waals surface area (Å²) in [7, 11) is 1.76. The largest absolute Gasteiger partial charge is 1.00 e. The molecule has 0 spiro atoms. The van der Waals surface area contributed by atoms with Gasteiger partial charge in [-0.1, -0.05) is 22.6 Å². The number of alkyl halides is 1. The Kier molecular flexibility index (Phi) is 15.6. The maximum absolute atomic E-state index is 12.8. The molecule has 0 unspecified atom stereocenters. The standard InChI is InChI=1S/C21H34N2O4.C20H32N2O4.CH3I.Na.H/c1-21(2,3)27-19(24)22(4)17-5-6-23(12-17)20(25)26-18-15-8-13-7-14(10-15)11-16(18)9-13;1-20(2,3)26-18(23)21-16-4-5-22(11-16)19(24)25-17-14-7-12-6-13(9-14)10-15(17)8-12;1-2;;/h13-18H,5-12H2,1-4H3;12-17H,4-11H2,1-3H3,(H,21,23);1H3;;/q;;;+1;-1/t13?,14?,15?,16?,17-,18?;12?,13?,14?,15?,16-,17?;;;/m11.../s1. The Balaban J connectivity index is 0.000000234. The van der Waals surface area contributed by atoms with Crippen molar-refractivity contribution in [2.24, 2.45) is 47.3 Å². The maximum atomic E-state index is 12.8. The summed E-state index contributed by atoms with van der Waals surface area (Å²) < 4.78 is 22.8. The van der Waals surface area contributed by atoms with Crippen molar-refractivity contribution in [2.75, 3.05) is 38.2 Å². The van der Waals surface area contributed by atoms with E-state index in [0.717, 1.165) is 36.5 Å². The van der Waals surface area contributed by atoms with Crippen molar-refractivity contribution in [2.45, 2.75) is 154 Å². The Morgan fingerprint density at radius 3 is 1.43 bits per heavy atom. The molecule has 314 valence electrons. The van der Waals surface area contributed by atoms with Crippen molar-refractivity contribution < 1.29 is 69.1 Å². The zero-order valence-electron chi connectivity index (χ0n) is 36.7. The quantitative estimate of drug-likeness (QED) is 0.167. The minimum atomic E-state index is -0.513. The van der Waals surface area contributed by atoms with Crippen LogP contribution in [0, 0.1) is 47.3 Å². The summed E-state index contributed by atoms with van der Waals surface area (Å²) in [4.78, 5) is 56.7. The van der Waals surface area contributed by atoms with Gasteiger partial charge in [-0.15, -0.1) is 0 Å². The summed E-state index contributed by atoms with van der Waals surface area (Å²) in [5, 5.41) is 2.86. The Labute approximate surface area is 373 Å². The van der Waals surface area contributed by atoms with Crippen molar-refractivity contribution in [3.05, 3.63) is 0 Å². The second-order valence-corrected chi connectivity index (χ2v) is 20.1. The van der Waals surface area contributed by atoms with E-state index in [4.69, 9.17) is 18.9 Å². The molecule has 10 aliphatic rings. The average Bonchev–Trinajstić information content (AvgIpc) is 3.77. The molecule has 56 heavy (non-hydrogen) atoms. The van der Waals surface area contributed by atoms with Crippen LogP contribution in [0.5, 0.6) is 0 Å². The fraction of sp³-hybridized carbons (Fsp3) is 0.905. The average molecular weight is 909 g/mol. The van der Waals surface area contributed by atoms with Gasteiger partial charge in [-0.2, -0.15) is 0 Å². The number of rotatable bonds is 4. The van der Waals surface area contributed by atoms with Gasteiger partial charge in [0.05, 0.1) is 12.1 Å². The van der Waals surface area contributed by atoms with Crippen LogP contribution in [0.15, 0.2) is 0 Å². The number of hydrogen-bond acceptors (Lipinski definition) is 8. The van der Waals surface area contributed by atoms with Crippen molar-refractivity contribution in [1.29, 1.82) is 0 Å². The number of nitrogens with zero attached hydrogens (tertiary/aromatic N) is 3. The van der Waals surface area contributed by atoms with Gasteiger partial charge in [0.25, 0.3) is 0 Å². The van der Waals surface area contributed by atoms with Crippen molar-refractivity contribution in [3.8, 4) is 0 Å². The number of alkyl carbamates (subject to hydrolysis) is 1. The van der Waals surface area contributed by atoms with Crippen LogP contribution in [0.2, 0.25) is 0 Å². The van der Waals surface area contributed by atoms with Crippen LogP contribution in [0.1, 0.15) is 120 Å². The number of hydrogen-bond donors (Lipinski definition) is 1. The molecule has 8 bridgehead atoms. The third-order valence-electron chi connectivity index (χ3n) is 13.6. The second kappa shape index (κ2) is 19.0. The van der Waals surface area contributed by atoms with Gasteiger partial charge in [-0.05, 0) is 171 Å². The first-order chi connectivity index (χ1) is 26.0. The summed E-state index contributed by atoms with van der Waals surface area (Å²) in [6.45, 7) is 13.4. The van der Waals surface area contributed by atoms with E-state index >= 15 is 0 Å². The number of ether oxygens (including phenoxy) is 4. The van der Waals surface area contributed by atoms with E-state index in [1.165, 1.54) is 64.2 Å². The molecule has 12 nitrogen and oxygen atoms in total. The van der Waals surface area contributed by atoms with Crippen LogP contribution in [0.3, 0.4) is 0 Å². The predicted octanol–water partition coefficient (Wildman–Crippen LogP) is 5.60. The number of nitrogens with one attached hydrogen (secondary N) is 1. The Morgan fingerprint density at radius 2 is 1.02 bits per heavy atom. The molecule has 10 fully saturated rings. The molecule has 10 rings (SSSR count). The molecule has 14 heteroatoms. The molecular formula is C42H70IN4NaO8. The van der Waals surface area contributed by atoms with E-state index in [0.29, 0.717) is 49.9 Å². The molecule has 4 amide bonds. The van der Waals surface area contributed by atoms with Gasteiger partial charge in [0.2, 0.25) is 0 Å². The van der Waals surface area contributed by atoms with Gasteiger partial charge in [0, 0.05) is 33.2 Å². The molecule has 0 aromatic carbocycles. The molecule has 8 aliphatic carbocycles. The normalized spacial score (nSPS) is 35.9. The SMILES string of the molecule is CC(C)(C)OC(=O)N[C@@H]1CCN(C(=O)OC2C3CC4CC(C3)CC2C4)C1.CI.CN(C(=O)OC(C)(C)C)[C@@H]1CCN(C(=O)OC2C3CC4CC(C3)CC2C4)C1.[H-].[Na+]. The van der Waals surface area contributed by atoms with E-state index in [2.05, 4.69) is 27.9 Å². The molecule has 0 radical (unpaired) electrons. The van der Waals surface area contributed by atoms with E-state index in [1.807, 2.05) is 46.5 Å². The maximum Gasteiger partial charge on any atom is 1.00 e. The molecule has 0 aromatic heterocycles. The van der Waals surface area contributed by atoms with Crippen LogP contribution < -0.4 is 34.9 Å². The number of halogens is 1. The molecule has 2 saturated heterocycles. The van der Waals surface area contributed by atoms with Gasteiger partial charge >= 0.3 is 53.9 Å². The summed E-state index contributed by atoms with van der Waals surface area (Å²) in [5.74, 6) is 5.81.